The lowest BCUT2D eigenvalue weighted by Gasteiger charge is -2.28. The van der Waals surface area contributed by atoms with E-state index in [9.17, 15) is 4.79 Å². The van der Waals surface area contributed by atoms with Gasteiger partial charge in [-0.1, -0.05) is 23.4 Å². The Morgan fingerprint density at radius 3 is 2.00 bits per heavy atom. The first-order chi connectivity index (χ1) is 24.5. The summed E-state index contributed by atoms with van der Waals surface area (Å²) in [5.74, 6) is 4.34. The highest BCUT2D eigenvalue weighted by Gasteiger charge is 2.25. The maximum Gasteiger partial charge on any atom is 0.255 e. The molecule has 1 aliphatic heterocycles. The van der Waals surface area contributed by atoms with Gasteiger partial charge in [-0.25, -0.2) is 0 Å². The molecule has 5 aromatic rings. The van der Waals surface area contributed by atoms with Crippen molar-refractivity contribution < 1.29 is 42.5 Å². The van der Waals surface area contributed by atoms with Gasteiger partial charge in [-0.2, -0.15) is 0 Å². The molecule has 0 saturated heterocycles. The van der Waals surface area contributed by atoms with Gasteiger partial charge < -0.3 is 48.3 Å². The molecule has 1 amide bonds. The molecule has 0 aliphatic carbocycles. The van der Waals surface area contributed by atoms with Crippen molar-refractivity contribution in [1.29, 1.82) is 0 Å². The third-order valence-corrected chi connectivity index (χ3v) is 8.24. The molecular weight excluding hydrogens is 642 g/mol. The number of anilines is 1. The third kappa shape index (κ3) is 7.19. The number of fused-ring (bicyclic) bond motifs is 1. The van der Waals surface area contributed by atoms with E-state index in [0.29, 0.717) is 70.5 Å². The molecule has 1 aromatic heterocycles. The van der Waals surface area contributed by atoms with Gasteiger partial charge in [-0.3, -0.25) is 4.79 Å². The molecule has 0 fully saturated rings. The molecule has 4 aromatic carbocycles. The van der Waals surface area contributed by atoms with E-state index in [0.717, 1.165) is 35.2 Å². The molecule has 12 heteroatoms. The van der Waals surface area contributed by atoms with Crippen LogP contribution in [-0.2, 0) is 0 Å². The molecule has 1 atom stereocenters. The lowest BCUT2D eigenvalue weighted by molar-refractivity contribution is 0.0935. The van der Waals surface area contributed by atoms with E-state index in [4.69, 9.17) is 37.7 Å². The molecule has 0 saturated carbocycles. The first kappa shape index (κ1) is 33.8. The molecule has 1 aliphatic rings. The number of carbonyl (C=O) groups excluding carboxylic acids is 1. The number of aromatic nitrogens is 1. The van der Waals surface area contributed by atoms with Crippen molar-refractivity contribution in [3.05, 3.63) is 90.0 Å². The van der Waals surface area contributed by atoms with Gasteiger partial charge in [0.1, 0.15) is 11.9 Å². The van der Waals surface area contributed by atoms with Gasteiger partial charge in [-0.15, -0.1) is 0 Å². The Morgan fingerprint density at radius 1 is 0.640 bits per heavy atom. The van der Waals surface area contributed by atoms with Crippen molar-refractivity contribution in [3.63, 3.8) is 0 Å². The molecular formula is C38H39N3O9. The average Bonchev–Trinajstić information content (AvgIpc) is 3.66. The summed E-state index contributed by atoms with van der Waals surface area (Å²) in [6.45, 7) is 0.907. The second kappa shape index (κ2) is 15.5. The number of nitrogens with one attached hydrogen (secondary N) is 2. The van der Waals surface area contributed by atoms with Crippen molar-refractivity contribution in [1.82, 2.24) is 10.5 Å². The second-order valence-corrected chi connectivity index (χ2v) is 11.3. The number of methoxy groups -OCH3 is 5. The number of unbranched alkanes of at least 4 members (excludes halogenated alkanes) is 1. The van der Waals surface area contributed by atoms with Gasteiger partial charge in [-0.05, 0) is 73.0 Å². The first-order valence-corrected chi connectivity index (χ1v) is 16.0. The van der Waals surface area contributed by atoms with Gasteiger partial charge in [0, 0.05) is 22.9 Å². The molecule has 6 rings (SSSR count). The molecule has 12 nitrogen and oxygen atoms in total. The number of nitrogens with zero attached hydrogens (tertiary/aromatic N) is 1. The van der Waals surface area contributed by atoms with Gasteiger partial charge in [0.2, 0.25) is 5.75 Å². The van der Waals surface area contributed by atoms with Crippen molar-refractivity contribution in [2.45, 2.75) is 19.0 Å². The number of hydrogen-bond acceptors (Lipinski definition) is 11. The smallest absolute Gasteiger partial charge is 0.255 e. The van der Waals surface area contributed by atoms with Crippen LogP contribution >= 0.6 is 0 Å². The van der Waals surface area contributed by atoms with E-state index < -0.39 is 0 Å². The SMILES string of the molecule is COc1cc(C2NC(=O)c3ccccc3N2)ccc1OCCCCOc1cc(-c2cc(-c3cc(OC)c(OC)c(OC)c3)no2)ccc1OC. The van der Waals surface area contributed by atoms with E-state index >= 15 is 0 Å². The zero-order valence-electron chi connectivity index (χ0n) is 28.5. The summed E-state index contributed by atoms with van der Waals surface area (Å²) in [5, 5.41) is 10.6. The summed E-state index contributed by atoms with van der Waals surface area (Å²) in [6.07, 6.45) is 1.09. The van der Waals surface area contributed by atoms with Crippen LogP contribution in [0.4, 0.5) is 5.69 Å². The van der Waals surface area contributed by atoms with Gasteiger partial charge >= 0.3 is 0 Å². The van der Waals surface area contributed by atoms with E-state index in [1.165, 1.54) is 0 Å². The molecule has 0 radical (unpaired) electrons. The number of para-hydroxylation sites is 1. The van der Waals surface area contributed by atoms with Gasteiger partial charge in [0.25, 0.3) is 5.91 Å². The molecule has 0 bridgehead atoms. The Hall–Kier alpha value is -6.04. The summed E-state index contributed by atoms with van der Waals surface area (Å²) >= 11 is 0. The Labute approximate surface area is 290 Å². The molecule has 0 spiro atoms. The summed E-state index contributed by atoms with van der Waals surface area (Å²) in [6, 6.07) is 24.1. The summed E-state index contributed by atoms with van der Waals surface area (Å²) in [7, 11) is 7.88. The Morgan fingerprint density at radius 2 is 1.30 bits per heavy atom. The predicted molar refractivity (Wildman–Crippen MR) is 187 cm³/mol. The van der Waals surface area contributed by atoms with Crippen LogP contribution in [0.15, 0.2) is 83.4 Å². The number of ether oxygens (including phenoxy) is 7. The minimum Gasteiger partial charge on any atom is -0.493 e. The van der Waals surface area contributed by atoms with Crippen LogP contribution in [0.1, 0.15) is 34.9 Å². The lowest BCUT2D eigenvalue weighted by atomic mass is 10.1. The van der Waals surface area contributed by atoms with E-state index in [-0.39, 0.29) is 12.1 Å². The summed E-state index contributed by atoms with van der Waals surface area (Å²) in [4.78, 5) is 12.6. The zero-order chi connectivity index (χ0) is 35.0. The zero-order valence-corrected chi connectivity index (χ0v) is 28.5. The quantitative estimate of drug-likeness (QED) is 0.109. The maximum absolute atomic E-state index is 12.6. The van der Waals surface area contributed by atoms with Crippen molar-refractivity contribution >= 4 is 11.6 Å². The monoisotopic (exact) mass is 681 g/mol. The normalized spacial score (nSPS) is 13.4. The van der Waals surface area contributed by atoms with Crippen LogP contribution in [0, 0.1) is 0 Å². The number of hydrogen-bond donors (Lipinski definition) is 2. The van der Waals surface area contributed by atoms with Gasteiger partial charge in [0.05, 0.1) is 54.3 Å². The van der Waals surface area contributed by atoms with E-state index in [2.05, 4.69) is 15.8 Å². The standard InChI is InChI=1S/C38H39N3O9/c1-43-29-14-12-23(31-22-28(41-50-31)25-20-34(45-3)36(47-5)35(21-25)46-4)18-33(29)49-17-9-8-16-48-30-15-13-24(19-32(30)44-2)37-39-27-11-7-6-10-26(27)38(42)40-37/h6-7,10-15,18-22,37,39H,8-9,16-17H2,1-5H3,(H,40,42). The van der Waals surface area contributed by atoms with Crippen LogP contribution in [0.25, 0.3) is 22.6 Å². The molecule has 260 valence electrons. The van der Waals surface area contributed by atoms with Crippen LogP contribution in [-0.4, -0.2) is 59.8 Å². The Balaban J connectivity index is 1.04. The van der Waals surface area contributed by atoms with Crippen LogP contribution in [0.5, 0.6) is 40.2 Å². The Bertz CT molecular complexity index is 1930. The van der Waals surface area contributed by atoms with Crippen LogP contribution in [0.3, 0.4) is 0 Å². The van der Waals surface area contributed by atoms with Crippen molar-refractivity contribution in [2.24, 2.45) is 0 Å². The highest BCUT2D eigenvalue weighted by Crippen LogP contribution is 2.42. The third-order valence-electron chi connectivity index (χ3n) is 8.24. The molecule has 2 heterocycles. The topological polar surface area (TPSA) is 132 Å². The van der Waals surface area contributed by atoms with Crippen molar-refractivity contribution in [2.75, 3.05) is 54.1 Å². The van der Waals surface area contributed by atoms with Crippen LogP contribution in [0.2, 0.25) is 0 Å². The minimum atomic E-state index is -0.388. The fraction of sp³-hybridized carbons (Fsp3) is 0.263. The highest BCUT2D eigenvalue weighted by molar-refractivity contribution is 6.01. The summed E-state index contributed by atoms with van der Waals surface area (Å²) in [5.41, 5.74) is 4.38. The number of amides is 1. The first-order valence-electron chi connectivity index (χ1n) is 16.0. The largest absolute Gasteiger partial charge is 0.493 e. The summed E-state index contributed by atoms with van der Waals surface area (Å²) < 4.78 is 45.4. The fourth-order valence-corrected chi connectivity index (χ4v) is 5.64. The van der Waals surface area contributed by atoms with Crippen molar-refractivity contribution in [3.8, 4) is 62.8 Å². The second-order valence-electron chi connectivity index (χ2n) is 11.3. The van der Waals surface area contributed by atoms with E-state index in [1.54, 1.807) is 41.6 Å². The number of benzene rings is 4. The fourth-order valence-electron chi connectivity index (χ4n) is 5.64. The average molecular weight is 682 g/mol. The van der Waals surface area contributed by atoms with E-state index in [1.807, 2.05) is 72.8 Å². The maximum atomic E-state index is 12.6. The molecule has 1 unspecified atom stereocenters. The Kier molecular flexibility index (Phi) is 10.5. The predicted octanol–water partition coefficient (Wildman–Crippen LogP) is 7.14. The minimum absolute atomic E-state index is 0.130. The number of carbonyl (C=O) groups is 1. The molecule has 50 heavy (non-hydrogen) atoms. The van der Waals surface area contributed by atoms with Gasteiger partial charge in [0.15, 0.2) is 40.3 Å². The van der Waals surface area contributed by atoms with Crippen LogP contribution < -0.4 is 43.8 Å². The highest BCUT2D eigenvalue weighted by atomic mass is 16.5. The number of rotatable bonds is 15. The molecule has 2 N–H and O–H groups in total. The lowest BCUT2D eigenvalue weighted by Crippen LogP contribution is -2.38.